The fraction of sp³-hybridized carbons (Fsp3) is 0.424. The molecule has 27 heteroatoms. The smallest absolute Gasteiger partial charge is 0.251 e. The summed E-state index contributed by atoms with van der Waals surface area (Å²) in [6, 6.07) is 38.0. The van der Waals surface area contributed by atoms with Crippen LogP contribution in [0.4, 0.5) is 20.2 Å². The monoisotopic (exact) mass is 1620 g/mol. The van der Waals surface area contributed by atoms with Gasteiger partial charge in [0.05, 0.1) is 34.5 Å². The number of benzene rings is 6. The van der Waals surface area contributed by atoms with E-state index in [-0.39, 0.29) is 67.7 Å². The molecule has 6 aromatic carbocycles. The van der Waals surface area contributed by atoms with Crippen molar-refractivity contribution in [2.24, 2.45) is 0 Å². The predicted octanol–water partition coefficient (Wildman–Crippen LogP) is 11.5. The molecule has 10 aromatic rings. The Kier molecular flexibility index (Phi) is 31.8. The molecule has 4 fully saturated rings. The second-order valence-corrected chi connectivity index (χ2v) is 31.3. The maximum absolute atomic E-state index is 15.3. The van der Waals surface area contributed by atoms with E-state index < -0.39 is 5.82 Å². The van der Waals surface area contributed by atoms with Crippen molar-refractivity contribution in [2.45, 2.75) is 124 Å². The van der Waals surface area contributed by atoms with Gasteiger partial charge in [-0.1, -0.05) is 74.5 Å². The van der Waals surface area contributed by atoms with Crippen molar-refractivity contribution in [1.29, 1.82) is 0 Å². The number of fused-ring (bicyclic) bond motifs is 2. The van der Waals surface area contributed by atoms with Gasteiger partial charge in [0, 0.05) is 224 Å². The molecule has 8 heterocycles. The number of aryl methyl sites for hydroxylation is 4. The zero-order valence-electron chi connectivity index (χ0n) is 70.1. The number of rotatable bonds is 31. The molecule has 4 aliphatic rings. The molecule has 4 saturated heterocycles. The molecule has 0 bridgehead atoms. The Morgan fingerprint density at radius 3 is 1.33 bits per heavy atom. The minimum Gasteiger partial charge on any atom is -0.381 e. The topological polar surface area (TPSA) is 266 Å². The zero-order valence-corrected chi connectivity index (χ0v) is 70.1. The van der Waals surface area contributed by atoms with Gasteiger partial charge in [-0.15, -0.1) is 0 Å². The average molecular weight is 1620 g/mol. The lowest BCUT2D eigenvalue weighted by atomic mass is 10.00. The number of nitrogens with one attached hydrogen (secondary N) is 7. The first-order valence-electron chi connectivity index (χ1n) is 42.0. The summed E-state index contributed by atoms with van der Waals surface area (Å²) >= 11 is 0. The summed E-state index contributed by atoms with van der Waals surface area (Å²) in [6.07, 6.45) is 9.30. The van der Waals surface area contributed by atoms with Crippen molar-refractivity contribution in [3.8, 4) is 22.3 Å². The summed E-state index contributed by atoms with van der Waals surface area (Å²) in [6.45, 7) is 27.4. The van der Waals surface area contributed by atoms with Gasteiger partial charge in [0.2, 0.25) is 0 Å². The fourth-order valence-electron chi connectivity index (χ4n) is 15.4. The predicted molar refractivity (Wildman–Crippen MR) is 465 cm³/mol. The second-order valence-electron chi connectivity index (χ2n) is 31.3. The first-order chi connectivity index (χ1) is 57.8. The van der Waals surface area contributed by atoms with Crippen LogP contribution in [0.3, 0.4) is 0 Å². The van der Waals surface area contributed by atoms with Crippen LogP contribution >= 0.6 is 0 Å². The van der Waals surface area contributed by atoms with Crippen LogP contribution < -0.4 is 37.2 Å². The number of hydrogen-bond donors (Lipinski definition) is 7. The van der Waals surface area contributed by atoms with Crippen LogP contribution in [-0.4, -0.2) is 229 Å². The first-order valence-corrected chi connectivity index (χ1v) is 42.0. The highest BCUT2D eigenvalue weighted by Gasteiger charge is 2.27. The molecular weight excluding hydrogens is 1510 g/mol. The molecule has 4 amide bonds. The molecule has 119 heavy (non-hydrogen) atoms. The van der Waals surface area contributed by atoms with Gasteiger partial charge in [-0.05, 0) is 181 Å². The van der Waals surface area contributed by atoms with Crippen LogP contribution in [0.1, 0.15) is 144 Å². The van der Waals surface area contributed by atoms with Gasteiger partial charge in [-0.2, -0.15) is 10.2 Å². The lowest BCUT2D eigenvalue weighted by Crippen LogP contribution is -2.47. The SMILES string of the molecule is CCc1nc2c(cnn2CC)c(NC2CCOCC2)c1CNC(=O)c1cccc(C(=O)NCc2ccc(F)c(-c3cccc(C=O)c3)c2)c1.CCc1nc2c(cnn2CC)c(NC2CCOCC2)c1CNC(=O)c1cccc(C(=O)NCc2ccc(F)c(-c3cccc(CN4CCN(CCN(C)C)CC4)c3)c2)c1.CN(C)CCN1CCNCC1. The molecule has 0 spiro atoms. The third kappa shape index (κ3) is 23.8. The Morgan fingerprint density at radius 2 is 0.899 bits per heavy atom. The van der Waals surface area contributed by atoms with E-state index in [0.29, 0.717) is 109 Å². The number of amides is 4. The molecule has 4 aliphatic heterocycles. The normalized spacial score (nSPS) is 15.1. The van der Waals surface area contributed by atoms with E-state index in [1.807, 2.05) is 54.7 Å². The number of carbonyl (C=O) groups excluding carboxylic acids is 5. The van der Waals surface area contributed by atoms with E-state index in [4.69, 9.17) is 19.4 Å². The largest absolute Gasteiger partial charge is 0.381 e. The number of nitrogens with zero attached hydrogens (tertiary/aromatic N) is 11. The summed E-state index contributed by atoms with van der Waals surface area (Å²) in [7, 11) is 8.47. The Morgan fingerprint density at radius 1 is 0.487 bits per heavy atom. The van der Waals surface area contributed by atoms with E-state index in [1.165, 1.54) is 38.3 Å². The van der Waals surface area contributed by atoms with E-state index >= 15 is 4.39 Å². The third-order valence-corrected chi connectivity index (χ3v) is 22.3. The number of ether oxygens (including phenoxy) is 2. The fourth-order valence-corrected chi connectivity index (χ4v) is 15.4. The first kappa shape index (κ1) is 87.6. The Hall–Kier alpha value is -10.8. The van der Waals surface area contributed by atoms with Crippen molar-refractivity contribution in [3.05, 3.63) is 225 Å². The minimum absolute atomic E-state index is 0.142. The summed E-state index contributed by atoms with van der Waals surface area (Å²) in [5.74, 6) is -2.05. The number of aromatic nitrogens is 6. The van der Waals surface area contributed by atoms with Gasteiger partial charge >= 0.3 is 0 Å². The van der Waals surface area contributed by atoms with Gasteiger partial charge in [-0.3, -0.25) is 38.7 Å². The highest BCUT2D eigenvalue weighted by molar-refractivity contribution is 6.01. The number of likely N-dealkylation sites (N-methyl/N-ethyl adjacent to an activating group) is 2. The molecule has 0 atom stereocenters. The van der Waals surface area contributed by atoms with Crippen molar-refractivity contribution in [2.75, 3.05) is 144 Å². The summed E-state index contributed by atoms with van der Waals surface area (Å²) in [5, 5.41) is 33.8. The molecule has 0 unspecified atom stereocenters. The van der Waals surface area contributed by atoms with Crippen LogP contribution in [0.5, 0.6) is 0 Å². The number of carbonyl (C=O) groups is 5. The molecule has 4 aromatic heterocycles. The van der Waals surface area contributed by atoms with Crippen LogP contribution in [0, 0.1) is 11.6 Å². The van der Waals surface area contributed by atoms with Gasteiger partial charge in [-0.25, -0.2) is 28.1 Å². The number of pyridine rings is 2. The Bertz CT molecular complexity index is 5080. The molecule has 7 N–H and O–H groups in total. The second kappa shape index (κ2) is 43.3. The van der Waals surface area contributed by atoms with Gasteiger partial charge in [0.25, 0.3) is 23.6 Å². The number of anilines is 2. The van der Waals surface area contributed by atoms with Crippen LogP contribution in [0.25, 0.3) is 44.3 Å². The average Bonchev–Trinajstić information content (AvgIpc) is 1.67. The quantitative estimate of drug-likeness (QED) is 0.0199. The van der Waals surface area contributed by atoms with Crippen molar-refractivity contribution in [3.63, 3.8) is 0 Å². The van der Waals surface area contributed by atoms with E-state index in [2.05, 4.69) is 119 Å². The third-order valence-electron chi connectivity index (χ3n) is 22.3. The lowest BCUT2D eigenvalue weighted by molar-refractivity contribution is 0.0903. The standard InChI is InChI=1S/C46H58FN9O3.C38H39FN6O4.C8H19N3/c1-5-42-39(43(51-37-15-23-59-24-16-37)40-30-50-56(6-2)44(40)52-42)29-49-46(58)36-12-8-11-35(27-36)45(57)48-28-32-13-14-41(47)38(26-32)34-10-7-9-33(25-34)31-55-21-19-54(20-22-55)18-17-53(3)4;1-3-34-31(35(43-29-13-15-49-16-14-29)32-22-42-45(4-2)36(32)44-34)21-41-38(48)28-10-6-9-27(19-28)37(47)40-20-24-11-12-33(39)30(18-24)26-8-5-7-25(17-26)23-46;1-10(2)7-8-11-5-3-9-4-6-11/h7-14,25-27,30,37H,5-6,15-24,28-29,31H2,1-4H3,(H,48,57)(H,49,58)(H,51,52);5-12,17-19,22-23,29H,3-4,13-16,20-21H2,1-2H3,(H,40,47)(H,41,48)(H,43,44);9H,3-8H2,1-2H3. The zero-order chi connectivity index (χ0) is 83.7. The lowest BCUT2D eigenvalue weighted by Gasteiger charge is -2.35. The number of aldehydes is 1. The van der Waals surface area contributed by atoms with E-state index in [1.54, 1.807) is 97.1 Å². The summed E-state index contributed by atoms with van der Waals surface area (Å²) < 4.78 is 44.9. The molecule has 630 valence electrons. The maximum Gasteiger partial charge on any atom is 0.251 e. The van der Waals surface area contributed by atoms with Gasteiger partial charge in [0.15, 0.2) is 11.3 Å². The maximum atomic E-state index is 15.3. The highest BCUT2D eigenvalue weighted by Crippen LogP contribution is 2.35. The van der Waals surface area contributed by atoms with E-state index in [9.17, 15) is 28.4 Å². The Balaban J connectivity index is 0.000000196. The molecule has 0 saturated carbocycles. The molecule has 14 rings (SSSR count). The van der Waals surface area contributed by atoms with E-state index in [0.717, 1.165) is 157 Å². The van der Waals surface area contributed by atoms with Crippen molar-refractivity contribution < 1.29 is 42.2 Å². The molecule has 25 nitrogen and oxygen atoms in total. The van der Waals surface area contributed by atoms with Crippen LogP contribution in [0.2, 0.25) is 0 Å². The number of hydrogen-bond acceptors (Lipinski definition) is 19. The van der Waals surface area contributed by atoms with Crippen LogP contribution in [-0.2, 0) is 68.1 Å². The minimum atomic E-state index is -0.430. The number of piperazine rings is 2. The van der Waals surface area contributed by atoms with Crippen molar-refractivity contribution in [1.82, 2.24) is 80.6 Å². The summed E-state index contributed by atoms with van der Waals surface area (Å²) in [5.41, 5.74) is 13.8. The molecular formula is C92H116F2N18O7. The van der Waals surface area contributed by atoms with Crippen molar-refractivity contribution >= 4 is 63.4 Å². The van der Waals surface area contributed by atoms with Crippen LogP contribution in [0.15, 0.2) is 146 Å². The van der Waals surface area contributed by atoms with Gasteiger partial charge in [0.1, 0.15) is 17.9 Å². The number of halogens is 2. The molecule has 0 radical (unpaired) electrons. The Labute approximate surface area is 697 Å². The highest BCUT2D eigenvalue weighted by atomic mass is 19.1. The molecule has 0 aliphatic carbocycles. The van der Waals surface area contributed by atoms with Gasteiger partial charge < -0.3 is 56.5 Å². The summed E-state index contributed by atoms with van der Waals surface area (Å²) in [4.78, 5) is 86.7.